The largest absolute Gasteiger partial charge is 0.252 e. The van der Waals surface area contributed by atoms with Crippen LogP contribution in [0, 0.1) is 0 Å². The minimum Gasteiger partial charge on any atom is -0.209 e. The van der Waals surface area contributed by atoms with Crippen LogP contribution in [0.4, 0.5) is 0 Å². The van der Waals surface area contributed by atoms with Gasteiger partial charge in [0, 0.05) is 16.7 Å². The number of nitrogens with zero attached hydrogens (tertiary/aromatic N) is 4. The Kier molecular flexibility index (Phi) is 6.25. The summed E-state index contributed by atoms with van der Waals surface area (Å²) >= 11 is 0. The van der Waals surface area contributed by atoms with Crippen LogP contribution >= 0.6 is 0 Å². The molecule has 5 aromatic rings. The Labute approximate surface area is 195 Å². The summed E-state index contributed by atoms with van der Waals surface area (Å²) in [6.07, 6.45) is 5.72. The Balaban J connectivity index is 1.72. The number of hydrogen-bond donors (Lipinski definition) is 0. The molecule has 0 unspecified atom stereocenters. The second-order valence-corrected chi connectivity index (χ2v) is 8.34. The third-order valence-corrected chi connectivity index (χ3v) is 5.98. The minimum absolute atomic E-state index is 0.651. The van der Waals surface area contributed by atoms with E-state index in [1.807, 2.05) is 47.0 Å². The summed E-state index contributed by atoms with van der Waals surface area (Å²) in [5.74, 6) is 0.651. The molecule has 0 N–H and O–H groups in total. The van der Waals surface area contributed by atoms with Crippen molar-refractivity contribution >= 4 is 5.78 Å². The molecule has 2 heterocycles. The van der Waals surface area contributed by atoms with Crippen molar-refractivity contribution in [1.82, 2.24) is 19.6 Å². The van der Waals surface area contributed by atoms with Crippen LogP contribution < -0.4 is 0 Å². The van der Waals surface area contributed by atoms with E-state index in [0.717, 1.165) is 52.3 Å². The van der Waals surface area contributed by atoms with Crippen LogP contribution in [0.1, 0.15) is 38.3 Å². The zero-order chi connectivity index (χ0) is 22.5. The molecule has 0 aliphatic carbocycles. The van der Waals surface area contributed by atoms with E-state index >= 15 is 0 Å². The number of aryl methyl sites for hydroxylation is 1. The first-order chi connectivity index (χ1) is 16.3. The van der Waals surface area contributed by atoms with Crippen LogP contribution in [0.15, 0.2) is 91.0 Å². The van der Waals surface area contributed by atoms with Crippen molar-refractivity contribution < 1.29 is 0 Å². The number of benzene rings is 3. The fourth-order valence-electron chi connectivity index (χ4n) is 4.27. The fourth-order valence-corrected chi connectivity index (χ4v) is 4.27. The van der Waals surface area contributed by atoms with Crippen molar-refractivity contribution in [2.24, 2.45) is 0 Å². The van der Waals surface area contributed by atoms with E-state index in [1.165, 1.54) is 19.3 Å². The average Bonchev–Trinajstić information content (AvgIpc) is 3.25. The van der Waals surface area contributed by atoms with Gasteiger partial charge in [0.05, 0.1) is 11.4 Å². The molecule has 0 saturated carbocycles. The lowest BCUT2D eigenvalue weighted by molar-refractivity contribution is 0.652. The molecule has 33 heavy (non-hydrogen) atoms. The number of hydrogen-bond acceptors (Lipinski definition) is 3. The maximum absolute atomic E-state index is 5.16. The monoisotopic (exact) mass is 432 g/mol. The fraction of sp³-hybridized carbons (Fsp3) is 0.207. The molecule has 3 aromatic carbocycles. The van der Waals surface area contributed by atoms with E-state index < -0.39 is 0 Å². The van der Waals surface area contributed by atoms with Gasteiger partial charge in [-0.2, -0.15) is 5.10 Å². The van der Waals surface area contributed by atoms with Crippen molar-refractivity contribution in [1.29, 1.82) is 0 Å². The van der Waals surface area contributed by atoms with Crippen molar-refractivity contribution in [3.8, 4) is 33.8 Å². The smallest absolute Gasteiger partial charge is 0.209 e. The van der Waals surface area contributed by atoms with Gasteiger partial charge < -0.3 is 0 Å². The molecule has 5 rings (SSSR count). The highest BCUT2D eigenvalue weighted by atomic mass is 15.3. The van der Waals surface area contributed by atoms with E-state index in [0.29, 0.717) is 5.78 Å². The molecular weight excluding hydrogens is 404 g/mol. The zero-order valence-electron chi connectivity index (χ0n) is 19.0. The van der Waals surface area contributed by atoms with Crippen molar-refractivity contribution in [3.05, 3.63) is 96.7 Å². The predicted molar refractivity (Wildman–Crippen MR) is 135 cm³/mol. The van der Waals surface area contributed by atoms with Gasteiger partial charge in [0.1, 0.15) is 11.4 Å². The van der Waals surface area contributed by atoms with Gasteiger partial charge >= 0.3 is 0 Å². The van der Waals surface area contributed by atoms with Gasteiger partial charge in [-0.1, -0.05) is 117 Å². The van der Waals surface area contributed by atoms with E-state index in [-0.39, 0.29) is 0 Å². The average molecular weight is 433 g/mol. The highest BCUT2D eigenvalue weighted by Crippen LogP contribution is 2.31. The molecule has 0 radical (unpaired) electrons. The summed E-state index contributed by atoms with van der Waals surface area (Å²) in [6.45, 7) is 2.24. The summed E-state index contributed by atoms with van der Waals surface area (Å²) in [4.78, 5) is 10.1. The molecule has 4 nitrogen and oxygen atoms in total. The highest BCUT2D eigenvalue weighted by Gasteiger charge is 2.20. The third-order valence-electron chi connectivity index (χ3n) is 5.98. The summed E-state index contributed by atoms with van der Waals surface area (Å²) in [5.41, 5.74) is 7.06. The van der Waals surface area contributed by atoms with Crippen LogP contribution in [0.5, 0.6) is 0 Å². The van der Waals surface area contributed by atoms with Gasteiger partial charge in [0.25, 0.3) is 5.78 Å². The molecule has 0 saturated heterocycles. The molecule has 164 valence electrons. The lowest BCUT2D eigenvalue weighted by Gasteiger charge is -2.10. The SMILES string of the molecule is CCCCCCc1c(-c2ccccc2)nc2nc(-c3ccccc3)c(-c3ccccc3)nn12. The predicted octanol–water partition coefficient (Wildman–Crippen LogP) is 7.25. The molecule has 2 aromatic heterocycles. The Morgan fingerprint density at radius 2 is 1.09 bits per heavy atom. The second-order valence-electron chi connectivity index (χ2n) is 8.34. The number of aromatic nitrogens is 4. The molecule has 0 aliphatic rings. The molecular formula is C29H28N4. The summed E-state index contributed by atoms with van der Waals surface area (Å²) in [5, 5.41) is 5.16. The van der Waals surface area contributed by atoms with Gasteiger partial charge in [0.2, 0.25) is 0 Å². The summed E-state index contributed by atoms with van der Waals surface area (Å²) < 4.78 is 1.98. The molecule has 4 heteroatoms. The first-order valence-electron chi connectivity index (χ1n) is 11.8. The van der Waals surface area contributed by atoms with E-state index in [9.17, 15) is 0 Å². The summed E-state index contributed by atoms with van der Waals surface area (Å²) in [7, 11) is 0. The van der Waals surface area contributed by atoms with Crippen LogP contribution in [0.2, 0.25) is 0 Å². The molecule has 0 spiro atoms. The Morgan fingerprint density at radius 3 is 1.67 bits per heavy atom. The van der Waals surface area contributed by atoms with E-state index in [4.69, 9.17) is 15.1 Å². The van der Waals surface area contributed by atoms with Gasteiger partial charge in [-0.3, -0.25) is 0 Å². The van der Waals surface area contributed by atoms with Crippen molar-refractivity contribution in [2.75, 3.05) is 0 Å². The minimum atomic E-state index is 0.651. The third kappa shape index (κ3) is 4.42. The molecule has 0 atom stereocenters. The lowest BCUT2D eigenvalue weighted by Crippen LogP contribution is -2.05. The maximum atomic E-state index is 5.16. The molecule has 0 fully saturated rings. The van der Waals surface area contributed by atoms with Gasteiger partial charge in [-0.15, -0.1) is 0 Å². The Bertz CT molecular complexity index is 1330. The maximum Gasteiger partial charge on any atom is 0.252 e. The van der Waals surface area contributed by atoms with E-state index in [1.54, 1.807) is 0 Å². The number of unbranched alkanes of at least 4 members (excludes halogenated alkanes) is 3. The second kappa shape index (κ2) is 9.78. The van der Waals surface area contributed by atoms with Crippen LogP contribution in [0.25, 0.3) is 39.5 Å². The van der Waals surface area contributed by atoms with Crippen molar-refractivity contribution in [2.45, 2.75) is 39.0 Å². The van der Waals surface area contributed by atoms with Gasteiger partial charge in [-0.05, 0) is 12.8 Å². The molecule has 0 bridgehead atoms. The van der Waals surface area contributed by atoms with Crippen molar-refractivity contribution in [3.63, 3.8) is 0 Å². The topological polar surface area (TPSA) is 43.1 Å². The first kappa shape index (κ1) is 21.1. The van der Waals surface area contributed by atoms with Crippen LogP contribution in [-0.2, 0) is 6.42 Å². The molecule has 0 aliphatic heterocycles. The first-order valence-corrected chi connectivity index (χ1v) is 11.8. The van der Waals surface area contributed by atoms with Gasteiger partial charge in [-0.25, -0.2) is 14.5 Å². The quantitative estimate of drug-likeness (QED) is 0.243. The summed E-state index contributed by atoms with van der Waals surface area (Å²) in [6, 6.07) is 31.0. The Hall–Kier alpha value is -3.79. The lowest BCUT2D eigenvalue weighted by atomic mass is 10.0. The number of imidazole rings is 1. The van der Waals surface area contributed by atoms with E-state index in [2.05, 4.69) is 55.5 Å². The zero-order valence-corrected chi connectivity index (χ0v) is 19.0. The van der Waals surface area contributed by atoms with Crippen LogP contribution in [-0.4, -0.2) is 19.6 Å². The standard InChI is InChI=1S/C29H28N4/c1-2-3-4-14-21-25-26(22-15-8-5-9-16-22)30-29-31-27(23-17-10-6-11-18-23)28(32-33(25)29)24-19-12-7-13-20-24/h5-13,15-20H,2-4,14,21H2,1H3. The number of rotatable bonds is 8. The number of fused-ring (bicyclic) bond motifs is 1. The Morgan fingerprint density at radius 1 is 0.576 bits per heavy atom. The van der Waals surface area contributed by atoms with Gasteiger partial charge in [0.15, 0.2) is 0 Å². The normalized spacial score (nSPS) is 11.2. The highest BCUT2D eigenvalue weighted by molar-refractivity contribution is 5.79. The van der Waals surface area contributed by atoms with Crippen LogP contribution in [0.3, 0.4) is 0 Å². The molecule has 0 amide bonds.